The number of nitrogens with zero attached hydrogens (tertiary/aromatic N) is 1. The molecule has 1 amide bonds. The van der Waals surface area contributed by atoms with Gasteiger partial charge in [0.1, 0.15) is 0 Å². The van der Waals surface area contributed by atoms with Gasteiger partial charge in [-0.2, -0.15) is 4.39 Å². The summed E-state index contributed by atoms with van der Waals surface area (Å²) < 4.78 is 14.1. The number of halogens is 1. The van der Waals surface area contributed by atoms with Crippen LogP contribution in [0, 0.1) is 5.82 Å². The number of aromatic nitrogens is 2. The van der Waals surface area contributed by atoms with Crippen LogP contribution in [0.2, 0.25) is 0 Å². The molecule has 8 heteroatoms. The zero-order chi connectivity index (χ0) is 14.7. The molecule has 0 radical (unpaired) electrons. The first-order valence-electron chi connectivity index (χ1n) is 5.61. The summed E-state index contributed by atoms with van der Waals surface area (Å²) in [6, 6.07) is 6.41. The van der Waals surface area contributed by atoms with Gasteiger partial charge in [-0.15, -0.1) is 0 Å². The molecule has 2 aromatic rings. The van der Waals surface area contributed by atoms with Crippen LogP contribution in [0.1, 0.15) is 15.9 Å². The van der Waals surface area contributed by atoms with Crippen LogP contribution >= 0.6 is 0 Å². The molecule has 0 saturated heterocycles. The van der Waals surface area contributed by atoms with E-state index in [1.165, 1.54) is 6.07 Å². The van der Waals surface area contributed by atoms with Crippen LogP contribution < -0.4 is 22.5 Å². The number of carbonyl (C=O) groups excluding carboxylic acids is 1. The molecule has 0 atom stereocenters. The lowest BCUT2D eigenvalue weighted by molar-refractivity contribution is 0.0952. The Morgan fingerprint density at radius 1 is 1.35 bits per heavy atom. The lowest BCUT2D eigenvalue weighted by atomic mass is 10.1. The summed E-state index contributed by atoms with van der Waals surface area (Å²) in [5, 5.41) is 0. The van der Waals surface area contributed by atoms with Crippen LogP contribution in [-0.2, 0) is 6.54 Å². The molecule has 0 aliphatic rings. The van der Waals surface area contributed by atoms with E-state index in [4.69, 9.17) is 5.84 Å². The molecule has 1 aromatic carbocycles. The van der Waals surface area contributed by atoms with Crippen molar-refractivity contribution in [3.63, 3.8) is 0 Å². The summed E-state index contributed by atoms with van der Waals surface area (Å²) >= 11 is 0. The number of nitrogens with one attached hydrogen (secondary N) is 2. The molecule has 0 aliphatic heterocycles. The van der Waals surface area contributed by atoms with E-state index in [-0.39, 0.29) is 12.1 Å². The number of benzene rings is 1. The van der Waals surface area contributed by atoms with E-state index in [0.717, 1.165) is 10.8 Å². The Kier molecular flexibility index (Phi) is 3.76. The number of hydrazine groups is 1. The Labute approximate surface area is 111 Å². The first-order chi connectivity index (χ1) is 9.52. The fraction of sp³-hybridized carbons (Fsp3) is 0.0833. The minimum atomic E-state index is -1.08. The summed E-state index contributed by atoms with van der Waals surface area (Å²) in [7, 11) is 0. The zero-order valence-corrected chi connectivity index (χ0v) is 10.2. The largest absolute Gasteiger partial charge is 0.328 e. The maximum Gasteiger partial charge on any atom is 0.328 e. The van der Waals surface area contributed by atoms with E-state index in [0.29, 0.717) is 5.56 Å². The van der Waals surface area contributed by atoms with E-state index in [1.807, 2.05) is 10.4 Å². The smallest absolute Gasteiger partial charge is 0.293 e. The third kappa shape index (κ3) is 2.64. The molecule has 2 rings (SSSR count). The summed E-state index contributed by atoms with van der Waals surface area (Å²) in [5.41, 5.74) is 0.856. The zero-order valence-electron chi connectivity index (χ0n) is 10.2. The van der Waals surface area contributed by atoms with Gasteiger partial charge in [-0.1, -0.05) is 18.2 Å². The number of H-pyrrole nitrogens is 1. The highest BCUT2D eigenvalue weighted by Gasteiger charge is 2.11. The third-order valence-corrected chi connectivity index (χ3v) is 2.70. The van der Waals surface area contributed by atoms with Crippen LogP contribution in [0.3, 0.4) is 0 Å². The summed E-state index contributed by atoms with van der Waals surface area (Å²) in [4.78, 5) is 35.9. The molecule has 1 heterocycles. The van der Waals surface area contributed by atoms with Gasteiger partial charge in [-0.3, -0.25) is 24.6 Å². The Balaban J connectivity index is 2.46. The van der Waals surface area contributed by atoms with Crippen LogP contribution in [-0.4, -0.2) is 15.5 Å². The average Bonchev–Trinajstić information content (AvgIpc) is 2.44. The highest BCUT2D eigenvalue weighted by molar-refractivity contribution is 5.95. The van der Waals surface area contributed by atoms with Crippen LogP contribution in [0.25, 0.3) is 0 Å². The fourth-order valence-electron chi connectivity index (χ4n) is 1.74. The molecule has 0 saturated carbocycles. The second-order valence-electron chi connectivity index (χ2n) is 3.99. The van der Waals surface area contributed by atoms with Crippen LogP contribution in [0.4, 0.5) is 4.39 Å². The normalized spacial score (nSPS) is 10.3. The lowest BCUT2D eigenvalue weighted by Gasteiger charge is -2.09. The Morgan fingerprint density at radius 2 is 2.05 bits per heavy atom. The van der Waals surface area contributed by atoms with Gasteiger partial charge in [0, 0.05) is 5.56 Å². The number of nitrogens with two attached hydrogens (primary N) is 1. The molecule has 20 heavy (non-hydrogen) atoms. The molecular weight excluding hydrogens is 267 g/mol. The first-order valence-corrected chi connectivity index (χ1v) is 5.61. The highest BCUT2D eigenvalue weighted by Crippen LogP contribution is 2.09. The minimum absolute atomic E-state index is 0.0733. The van der Waals surface area contributed by atoms with Gasteiger partial charge in [0.05, 0.1) is 12.7 Å². The van der Waals surface area contributed by atoms with Crippen molar-refractivity contribution in [1.29, 1.82) is 0 Å². The Morgan fingerprint density at radius 3 is 2.75 bits per heavy atom. The number of nitrogen functional groups attached to an aromatic ring is 1. The second kappa shape index (κ2) is 5.49. The quantitative estimate of drug-likeness (QED) is 0.393. The Hall–Kier alpha value is -2.74. The van der Waals surface area contributed by atoms with Crippen LogP contribution in [0.15, 0.2) is 40.1 Å². The standard InChI is InChI=1S/C12H11FN4O3/c13-9-6-17(12(20)15-11(9)19)5-7-3-1-2-4-8(7)10(18)16-14/h1-4,6H,5,14H2,(H,16,18)(H,15,19,20). The SMILES string of the molecule is NNC(=O)c1ccccc1Cn1cc(F)c(=O)[nH]c1=O. The van der Waals surface area contributed by atoms with Crippen molar-refractivity contribution >= 4 is 5.91 Å². The fourth-order valence-corrected chi connectivity index (χ4v) is 1.74. The van der Waals surface area contributed by atoms with E-state index in [2.05, 4.69) is 0 Å². The van der Waals surface area contributed by atoms with Crippen molar-refractivity contribution in [1.82, 2.24) is 15.0 Å². The Bertz CT molecular complexity index is 766. The number of carbonyl (C=O) groups is 1. The number of rotatable bonds is 3. The summed E-state index contributed by atoms with van der Waals surface area (Å²) in [5.74, 6) is 3.46. The molecule has 0 unspecified atom stereocenters. The molecule has 104 valence electrons. The lowest BCUT2D eigenvalue weighted by Crippen LogP contribution is -2.33. The van der Waals surface area contributed by atoms with Gasteiger partial charge in [0.25, 0.3) is 11.5 Å². The predicted molar refractivity (Wildman–Crippen MR) is 68.5 cm³/mol. The van der Waals surface area contributed by atoms with Crippen molar-refractivity contribution in [2.75, 3.05) is 0 Å². The average molecular weight is 278 g/mol. The maximum absolute atomic E-state index is 13.2. The molecular formula is C12H11FN4O3. The molecule has 0 fully saturated rings. The predicted octanol–water partition coefficient (Wildman–Crippen LogP) is -0.673. The molecule has 7 nitrogen and oxygen atoms in total. The molecule has 0 bridgehead atoms. The van der Waals surface area contributed by atoms with Crippen molar-refractivity contribution in [3.05, 3.63) is 68.2 Å². The number of amides is 1. The number of aromatic amines is 1. The van der Waals surface area contributed by atoms with Gasteiger partial charge < -0.3 is 0 Å². The first kappa shape index (κ1) is 13.7. The molecule has 4 N–H and O–H groups in total. The maximum atomic E-state index is 13.2. The topological polar surface area (TPSA) is 110 Å². The van der Waals surface area contributed by atoms with Gasteiger partial charge in [-0.05, 0) is 11.6 Å². The number of hydrogen-bond donors (Lipinski definition) is 3. The van der Waals surface area contributed by atoms with Gasteiger partial charge >= 0.3 is 5.69 Å². The van der Waals surface area contributed by atoms with Crippen molar-refractivity contribution in [2.24, 2.45) is 5.84 Å². The van der Waals surface area contributed by atoms with Crippen molar-refractivity contribution in [3.8, 4) is 0 Å². The number of hydrogen-bond acceptors (Lipinski definition) is 4. The van der Waals surface area contributed by atoms with E-state index in [9.17, 15) is 18.8 Å². The highest BCUT2D eigenvalue weighted by atomic mass is 19.1. The minimum Gasteiger partial charge on any atom is -0.293 e. The summed E-state index contributed by atoms with van der Waals surface area (Å²) in [6.45, 7) is -0.0733. The summed E-state index contributed by atoms with van der Waals surface area (Å²) in [6.07, 6.45) is 0.790. The van der Waals surface area contributed by atoms with Crippen molar-refractivity contribution in [2.45, 2.75) is 6.54 Å². The molecule has 0 spiro atoms. The third-order valence-electron chi connectivity index (χ3n) is 2.70. The molecule has 0 aliphatic carbocycles. The molecule has 1 aromatic heterocycles. The van der Waals surface area contributed by atoms with Gasteiger partial charge in [0.2, 0.25) is 5.82 Å². The van der Waals surface area contributed by atoms with Gasteiger partial charge in [-0.25, -0.2) is 10.6 Å². The van der Waals surface area contributed by atoms with Gasteiger partial charge in [0.15, 0.2) is 0 Å². The monoisotopic (exact) mass is 278 g/mol. The van der Waals surface area contributed by atoms with Crippen molar-refractivity contribution < 1.29 is 9.18 Å². The van der Waals surface area contributed by atoms with E-state index in [1.54, 1.807) is 18.2 Å². The van der Waals surface area contributed by atoms with E-state index < -0.39 is 23.0 Å². The van der Waals surface area contributed by atoms with Crippen LogP contribution in [0.5, 0.6) is 0 Å². The van der Waals surface area contributed by atoms with E-state index >= 15 is 0 Å². The second-order valence-corrected chi connectivity index (χ2v) is 3.99.